The minimum Gasteiger partial charge on any atom is -0.744 e. The third-order valence-electron chi connectivity index (χ3n) is 6.65. The number of fused-ring (bicyclic) bond motifs is 2. The first kappa shape index (κ1) is 30.4. The van der Waals surface area contributed by atoms with Crippen LogP contribution in [0.4, 0.5) is 5.69 Å². The van der Waals surface area contributed by atoms with E-state index < -0.39 is 30.0 Å². The van der Waals surface area contributed by atoms with E-state index in [-0.39, 0.29) is 35.1 Å². The SMILES string of the molecule is CCC(C)=c1ccc2c(c1)Oc1cc(N(CC)CC)ccc1C=2c1ccc(S(=O)(=O)[O-])cc1S(=O)(=O)O.[Na+]. The van der Waals surface area contributed by atoms with Crippen molar-refractivity contribution in [3.8, 4) is 11.5 Å². The molecule has 8 nitrogen and oxygen atoms in total. The van der Waals surface area contributed by atoms with E-state index in [1.165, 1.54) is 6.07 Å². The molecule has 1 aliphatic heterocycles. The zero-order valence-electron chi connectivity index (χ0n) is 22.0. The van der Waals surface area contributed by atoms with Crippen LogP contribution < -0.4 is 49.6 Å². The molecule has 38 heavy (non-hydrogen) atoms. The van der Waals surface area contributed by atoms with Crippen molar-refractivity contribution in [3.05, 3.63) is 76.2 Å². The number of nitrogens with zero attached hydrogens (tertiary/aromatic N) is 1. The van der Waals surface area contributed by atoms with Crippen molar-refractivity contribution in [1.29, 1.82) is 0 Å². The van der Waals surface area contributed by atoms with E-state index in [4.69, 9.17) is 4.74 Å². The minimum absolute atomic E-state index is 0. The van der Waals surface area contributed by atoms with Crippen molar-refractivity contribution >= 4 is 37.1 Å². The quantitative estimate of drug-likeness (QED) is 0.256. The molecule has 0 saturated heterocycles. The predicted molar refractivity (Wildman–Crippen MR) is 141 cm³/mol. The van der Waals surface area contributed by atoms with Crippen LogP contribution in [-0.2, 0) is 20.2 Å². The van der Waals surface area contributed by atoms with Gasteiger partial charge in [0.15, 0.2) is 0 Å². The molecular formula is C27H28NNaO7S2. The van der Waals surface area contributed by atoms with Gasteiger partial charge in [-0.1, -0.05) is 24.6 Å². The normalized spacial score (nSPS) is 13.6. The molecule has 11 heteroatoms. The molecule has 0 unspecified atom stereocenters. The average molecular weight is 566 g/mol. The summed E-state index contributed by atoms with van der Waals surface area (Å²) >= 11 is 0. The Hall–Kier alpha value is -2.18. The fourth-order valence-corrected chi connectivity index (χ4v) is 5.80. The van der Waals surface area contributed by atoms with Gasteiger partial charge in [-0.05, 0) is 68.8 Å². The van der Waals surface area contributed by atoms with Gasteiger partial charge in [0.2, 0.25) is 0 Å². The maximum atomic E-state index is 12.4. The van der Waals surface area contributed by atoms with E-state index in [1.54, 1.807) is 0 Å². The van der Waals surface area contributed by atoms with E-state index in [1.807, 2.05) is 64.1 Å². The van der Waals surface area contributed by atoms with Crippen molar-refractivity contribution in [2.45, 2.75) is 43.9 Å². The molecule has 1 aliphatic rings. The summed E-state index contributed by atoms with van der Waals surface area (Å²) in [5.41, 5.74) is 3.11. The number of rotatable bonds is 7. The molecular weight excluding hydrogens is 537 g/mol. The molecule has 4 rings (SSSR count). The Morgan fingerprint density at radius 2 is 1.55 bits per heavy atom. The molecule has 0 radical (unpaired) electrons. The first-order valence-corrected chi connectivity index (χ1v) is 14.7. The molecule has 0 aliphatic carbocycles. The summed E-state index contributed by atoms with van der Waals surface area (Å²) in [6.45, 7) is 9.68. The Labute approximate surface area is 245 Å². The van der Waals surface area contributed by atoms with Gasteiger partial charge < -0.3 is 14.2 Å². The van der Waals surface area contributed by atoms with Gasteiger partial charge in [0.05, 0.1) is 4.90 Å². The fraction of sp³-hybridized carbons (Fsp3) is 0.259. The van der Waals surface area contributed by atoms with Gasteiger partial charge in [0.25, 0.3) is 10.1 Å². The Morgan fingerprint density at radius 1 is 0.895 bits per heavy atom. The summed E-state index contributed by atoms with van der Waals surface area (Å²) in [4.78, 5) is 0.714. The summed E-state index contributed by atoms with van der Waals surface area (Å²) in [7, 11) is -9.86. The molecule has 0 amide bonds. The first-order chi connectivity index (χ1) is 17.4. The number of anilines is 1. The summed E-state index contributed by atoms with van der Waals surface area (Å²) in [6.07, 6.45) is 0.829. The monoisotopic (exact) mass is 565 g/mol. The number of hydrogen-bond acceptors (Lipinski definition) is 7. The molecule has 0 aromatic heterocycles. The summed E-state index contributed by atoms with van der Waals surface area (Å²) in [5, 5.41) is 1.53. The van der Waals surface area contributed by atoms with E-state index in [2.05, 4.69) is 4.90 Å². The molecule has 0 atom stereocenters. The standard InChI is InChI=1S/C27H29NO7S2.Na/c1-5-17(4)18-8-11-21-24(14-18)35-25-15-19(28(6-2)7-3)9-12-22(25)27(21)23-13-10-20(36(29,30)31)16-26(23)37(32,33)34;/h8-16H,5-7H2,1-4H3,(H,29,30,31)(H,32,33,34);/q;+1/p-1. The zero-order valence-corrected chi connectivity index (χ0v) is 25.6. The van der Waals surface area contributed by atoms with Gasteiger partial charge in [-0.3, -0.25) is 4.55 Å². The van der Waals surface area contributed by atoms with Crippen LogP contribution in [0.5, 0.6) is 11.5 Å². The van der Waals surface area contributed by atoms with Gasteiger partial charge in [-0.15, -0.1) is 0 Å². The first-order valence-electron chi connectivity index (χ1n) is 11.9. The Balaban J connectivity index is 0.00000400. The smallest absolute Gasteiger partial charge is 0.744 e. The number of ether oxygens (including phenoxy) is 1. The van der Waals surface area contributed by atoms with Crippen molar-refractivity contribution in [3.63, 3.8) is 0 Å². The molecule has 196 valence electrons. The third-order valence-corrected chi connectivity index (χ3v) is 8.37. The molecule has 3 aromatic carbocycles. The molecule has 1 N–H and O–H groups in total. The molecule has 0 saturated carbocycles. The van der Waals surface area contributed by atoms with Crippen molar-refractivity contribution in [2.75, 3.05) is 18.0 Å². The van der Waals surface area contributed by atoms with Gasteiger partial charge in [-0.2, -0.15) is 8.42 Å². The van der Waals surface area contributed by atoms with Crippen LogP contribution in [0.25, 0.3) is 11.1 Å². The Bertz CT molecular complexity index is 1730. The van der Waals surface area contributed by atoms with Crippen molar-refractivity contribution in [1.82, 2.24) is 0 Å². The summed E-state index contributed by atoms with van der Waals surface area (Å²) < 4.78 is 76.0. The maximum Gasteiger partial charge on any atom is 1.00 e. The Morgan fingerprint density at radius 3 is 2.13 bits per heavy atom. The van der Waals surface area contributed by atoms with Gasteiger partial charge >= 0.3 is 29.6 Å². The zero-order chi connectivity index (χ0) is 27.1. The molecule has 0 spiro atoms. The minimum atomic E-state index is -4.96. The summed E-state index contributed by atoms with van der Waals surface area (Å²) in [5.74, 6) is 0.978. The van der Waals surface area contributed by atoms with Crippen molar-refractivity contribution in [2.24, 2.45) is 0 Å². The summed E-state index contributed by atoms with van der Waals surface area (Å²) in [6, 6.07) is 14.1. The van der Waals surface area contributed by atoms with Crippen LogP contribution in [0.2, 0.25) is 0 Å². The fourth-order valence-electron chi connectivity index (χ4n) is 4.50. The van der Waals surface area contributed by atoms with Crippen LogP contribution in [0.15, 0.2) is 64.4 Å². The average Bonchev–Trinajstić information content (AvgIpc) is 2.85. The topological polar surface area (TPSA) is 124 Å². The van der Waals surface area contributed by atoms with Crippen LogP contribution in [0.3, 0.4) is 0 Å². The van der Waals surface area contributed by atoms with Gasteiger partial charge in [-0.25, -0.2) is 8.42 Å². The molecule has 3 aromatic rings. The van der Waals surface area contributed by atoms with E-state index in [9.17, 15) is 25.9 Å². The third kappa shape index (κ3) is 5.86. The number of hydrogen-bond donors (Lipinski definition) is 1. The maximum absolute atomic E-state index is 12.4. The second-order valence-electron chi connectivity index (χ2n) is 8.76. The van der Waals surface area contributed by atoms with Gasteiger partial charge in [0, 0.05) is 46.8 Å². The number of benzene rings is 3. The van der Waals surface area contributed by atoms with Crippen LogP contribution in [0, 0.1) is 0 Å². The van der Waals surface area contributed by atoms with E-state index in [0.717, 1.165) is 42.1 Å². The molecule has 0 fully saturated rings. The van der Waals surface area contributed by atoms with Crippen LogP contribution >= 0.6 is 0 Å². The molecule has 1 heterocycles. The largest absolute Gasteiger partial charge is 1.00 e. The Kier molecular flexibility index (Phi) is 9.20. The van der Waals surface area contributed by atoms with Gasteiger partial charge in [0.1, 0.15) is 26.5 Å². The van der Waals surface area contributed by atoms with Crippen LogP contribution in [0.1, 0.15) is 45.2 Å². The second kappa shape index (κ2) is 11.5. The molecule has 0 bridgehead atoms. The van der Waals surface area contributed by atoms with Crippen molar-refractivity contribution < 1.29 is 60.2 Å². The van der Waals surface area contributed by atoms with E-state index in [0.29, 0.717) is 33.9 Å². The van der Waals surface area contributed by atoms with Crippen LogP contribution in [-0.4, -0.2) is 39.0 Å². The van der Waals surface area contributed by atoms with E-state index >= 15 is 0 Å². The predicted octanol–water partition coefficient (Wildman–Crippen LogP) is 0.621. The second-order valence-corrected chi connectivity index (χ2v) is 11.5.